The van der Waals surface area contributed by atoms with E-state index in [0.717, 1.165) is 5.56 Å². The van der Waals surface area contributed by atoms with E-state index in [9.17, 15) is 14.7 Å². The van der Waals surface area contributed by atoms with Crippen molar-refractivity contribution in [1.29, 1.82) is 0 Å². The van der Waals surface area contributed by atoms with Gasteiger partial charge in [-0.1, -0.05) is 41.9 Å². The number of methoxy groups -OCH3 is 2. The van der Waals surface area contributed by atoms with Gasteiger partial charge in [0.15, 0.2) is 0 Å². The van der Waals surface area contributed by atoms with E-state index in [4.69, 9.17) is 21.1 Å². The number of aliphatic hydroxyl groups is 1. The number of carbonyl (C=O) groups is 2. The van der Waals surface area contributed by atoms with Crippen molar-refractivity contribution in [2.24, 2.45) is 0 Å². The summed E-state index contributed by atoms with van der Waals surface area (Å²) in [5.74, 6) is -0.831. The van der Waals surface area contributed by atoms with E-state index in [1.54, 1.807) is 66.7 Å². The molecule has 33 heavy (non-hydrogen) atoms. The highest BCUT2D eigenvalue weighted by atomic mass is 35.5. The van der Waals surface area contributed by atoms with Gasteiger partial charge in [0.1, 0.15) is 17.3 Å². The van der Waals surface area contributed by atoms with Crippen LogP contribution in [0.15, 0.2) is 72.3 Å². The van der Waals surface area contributed by atoms with Gasteiger partial charge in [0, 0.05) is 27.9 Å². The van der Waals surface area contributed by atoms with Crippen molar-refractivity contribution in [3.8, 4) is 11.5 Å². The number of nitrogens with zero attached hydrogens (tertiary/aromatic N) is 1. The van der Waals surface area contributed by atoms with Crippen molar-refractivity contribution >= 4 is 34.7 Å². The Labute approximate surface area is 196 Å². The Morgan fingerprint density at radius 1 is 0.970 bits per heavy atom. The molecule has 4 rings (SSSR count). The van der Waals surface area contributed by atoms with Gasteiger partial charge in [0.25, 0.3) is 11.7 Å². The van der Waals surface area contributed by atoms with E-state index in [1.165, 1.54) is 19.1 Å². The van der Waals surface area contributed by atoms with E-state index in [1.807, 2.05) is 6.92 Å². The summed E-state index contributed by atoms with van der Waals surface area (Å²) in [6.07, 6.45) is 0. The first-order chi connectivity index (χ1) is 15.9. The maximum absolute atomic E-state index is 13.3. The van der Waals surface area contributed by atoms with Crippen molar-refractivity contribution in [2.45, 2.75) is 13.0 Å². The average molecular weight is 464 g/mol. The Hall–Kier alpha value is -3.77. The highest BCUT2D eigenvalue weighted by molar-refractivity contribution is 6.51. The Kier molecular flexibility index (Phi) is 6.11. The Bertz CT molecular complexity index is 1270. The number of Topliss-reactive ketones (excluding diaryl/α,β-unsaturated/α-hetero) is 1. The number of carbonyl (C=O) groups excluding carboxylic acids is 2. The van der Waals surface area contributed by atoms with Gasteiger partial charge in [-0.25, -0.2) is 0 Å². The number of halogens is 1. The lowest BCUT2D eigenvalue weighted by Gasteiger charge is -2.27. The van der Waals surface area contributed by atoms with Crippen LogP contribution in [0.4, 0.5) is 5.69 Å². The molecule has 6 nitrogen and oxygen atoms in total. The molecule has 3 aromatic rings. The zero-order valence-corrected chi connectivity index (χ0v) is 19.1. The number of ketones is 1. The van der Waals surface area contributed by atoms with Crippen molar-refractivity contribution in [2.75, 3.05) is 19.1 Å². The number of amides is 1. The van der Waals surface area contributed by atoms with Gasteiger partial charge in [-0.2, -0.15) is 0 Å². The van der Waals surface area contributed by atoms with Crippen molar-refractivity contribution in [3.05, 3.63) is 94.0 Å². The highest BCUT2D eigenvalue weighted by Gasteiger charge is 2.48. The van der Waals surface area contributed by atoms with Crippen LogP contribution in [-0.4, -0.2) is 31.0 Å². The minimum atomic E-state index is -0.924. The molecule has 7 heteroatoms. The smallest absolute Gasteiger partial charge is 0.300 e. The molecule has 1 aliphatic heterocycles. The summed E-state index contributed by atoms with van der Waals surface area (Å²) < 4.78 is 10.9. The third-order valence-electron chi connectivity index (χ3n) is 5.65. The average Bonchev–Trinajstić information content (AvgIpc) is 3.10. The van der Waals surface area contributed by atoms with Crippen molar-refractivity contribution in [1.82, 2.24) is 0 Å². The second-order valence-electron chi connectivity index (χ2n) is 7.58. The first-order valence-corrected chi connectivity index (χ1v) is 10.6. The molecule has 0 aliphatic carbocycles. The van der Waals surface area contributed by atoms with Crippen LogP contribution < -0.4 is 14.4 Å². The summed E-state index contributed by atoms with van der Waals surface area (Å²) in [5, 5.41) is 11.7. The summed E-state index contributed by atoms with van der Waals surface area (Å²) in [6.45, 7) is 1.81. The third kappa shape index (κ3) is 3.94. The fourth-order valence-corrected chi connectivity index (χ4v) is 4.09. The molecular formula is C26H22ClNO5. The van der Waals surface area contributed by atoms with Crippen LogP contribution in [0.1, 0.15) is 22.7 Å². The predicted molar refractivity (Wildman–Crippen MR) is 127 cm³/mol. The number of benzene rings is 3. The van der Waals surface area contributed by atoms with Crippen molar-refractivity contribution < 1.29 is 24.2 Å². The van der Waals surface area contributed by atoms with Gasteiger partial charge in [-0.05, 0) is 42.8 Å². The van der Waals surface area contributed by atoms with Crippen LogP contribution in [0, 0.1) is 6.92 Å². The molecule has 0 saturated carbocycles. The molecule has 0 bridgehead atoms. The van der Waals surface area contributed by atoms with E-state index in [2.05, 4.69) is 0 Å². The molecular weight excluding hydrogens is 442 g/mol. The number of aryl methyl sites for hydroxylation is 1. The summed E-state index contributed by atoms with van der Waals surface area (Å²) in [6, 6.07) is 17.9. The molecule has 1 fully saturated rings. The van der Waals surface area contributed by atoms with E-state index >= 15 is 0 Å². The first kappa shape index (κ1) is 22.4. The monoisotopic (exact) mass is 463 g/mol. The van der Waals surface area contributed by atoms with Crippen LogP contribution in [0.5, 0.6) is 11.5 Å². The van der Waals surface area contributed by atoms with Gasteiger partial charge in [0.2, 0.25) is 0 Å². The molecule has 0 radical (unpaired) electrons. The number of ether oxygens (including phenoxy) is 2. The fourth-order valence-electron chi connectivity index (χ4n) is 3.97. The number of aliphatic hydroxyl groups excluding tert-OH is 1. The minimum Gasteiger partial charge on any atom is -0.507 e. The normalized spacial score (nSPS) is 17.3. The van der Waals surface area contributed by atoms with Crippen molar-refractivity contribution in [3.63, 3.8) is 0 Å². The lowest BCUT2D eigenvalue weighted by molar-refractivity contribution is -0.132. The zero-order chi connectivity index (χ0) is 23.7. The van der Waals surface area contributed by atoms with Crippen LogP contribution >= 0.6 is 11.6 Å². The maximum atomic E-state index is 13.3. The van der Waals surface area contributed by atoms with Gasteiger partial charge < -0.3 is 14.6 Å². The molecule has 1 saturated heterocycles. The number of rotatable bonds is 5. The number of anilines is 1. The second kappa shape index (κ2) is 9.00. The molecule has 1 amide bonds. The molecule has 0 unspecified atom stereocenters. The molecule has 1 N–H and O–H groups in total. The molecule has 3 aromatic carbocycles. The summed E-state index contributed by atoms with van der Waals surface area (Å²) in [5.41, 5.74) is 2.17. The molecule has 1 atom stereocenters. The van der Waals surface area contributed by atoms with E-state index < -0.39 is 17.7 Å². The topological polar surface area (TPSA) is 76.1 Å². The molecule has 1 aliphatic rings. The van der Waals surface area contributed by atoms with Crippen LogP contribution in [0.25, 0.3) is 5.76 Å². The SMILES string of the molecule is COc1ccc([C@@H]2C(=C(O)c3ccccc3)C(=O)C(=O)N2c2ccc(Cl)c(C)c2)c(OC)c1. The van der Waals surface area contributed by atoms with Gasteiger partial charge in [0.05, 0.1) is 25.8 Å². The lowest BCUT2D eigenvalue weighted by atomic mass is 9.94. The van der Waals surface area contributed by atoms with Crippen LogP contribution in [0.3, 0.4) is 0 Å². The zero-order valence-electron chi connectivity index (χ0n) is 18.3. The molecule has 0 aromatic heterocycles. The maximum Gasteiger partial charge on any atom is 0.300 e. The first-order valence-electron chi connectivity index (χ1n) is 10.2. The lowest BCUT2D eigenvalue weighted by Crippen LogP contribution is -2.29. The quantitative estimate of drug-likeness (QED) is 0.316. The minimum absolute atomic E-state index is 0.0257. The predicted octanol–water partition coefficient (Wildman–Crippen LogP) is 5.29. The Morgan fingerprint density at radius 2 is 1.70 bits per heavy atom. The summed E-state index contributed by atoms with van der Waals surface area (Å²) in [4.78, 5) is 27.9. The van der Waals surface area contributed by atoms with Gasteiger partial charge in [-0.3, -0.25) is 14.5 Å². The summed E-state index contributed by atoms with van der Waals surface area (Å²) >= 11 is 6.19. The fraction of sp³-hybridized carbons (Fsp3) is 0.154. The van der Waals surface area contributed by atoms with E-state index in [0.29, 0.717) is 33.3 Å². The summed E-state index contributed by atoms with van der Waals surface area (Å²) in [7, 11) is 3.03. The van der Waals surface area contributed by atoms with Gasteiger partial charge >= 0.3 is 0 Å². The number of hydrogen-bond donors (Lipinski definition) is 1. The highest BCUT2D eigenvalue weighted by Crippen LogP contribution is 2.46. The van der Waals surface area contributed by atoms with Gasteiger partial charge in [-0.15, -0.1) is 0 Å². The second-order valence-corrected chi connectivity index (χ2v) is 7.98. The largest absolute Gasteiger partial charge is 0.507 e. The van der Waals surface area contributed by atoms with Crippen LogP contribution in [0.2, 0.25) is 5.02 Å². The number of hydrogen-bond acceptors (Lipinski definition) is 5. The molecule has 1 heterocycles. The van der Waals surface area contributed by atoms with Crippen LogP contribution in [-0.2, 0) is 9.59 Å². The standard InChI is InChI=1S/C26H22ClNO5/c1-15-13-17(9-12-20(15)27)28-23(19-11-10-18(32-2)14-21(19)33-3)22(25(30)26(28)31)24(29)16-7-5-4-6-8-16/h4-14,23,29H,1-3H3/t23-/m1/s1. The van der Waals surface area contributed by atoms with E-state index in [-0.39, 0.29) is 11.3 Å². The Balaban J connectivity index is 2.00. The molecule has 168 valence electrons. The third-order valence-corrected chi connectivity index (χ3v) is 6.07. The molecule has 0 spiro atoms. The Morgan fingerprint density at radius 3 is 2.33 bits per heavy atom.